The van der Waals surface area contributed by atoms with Crippen molar-refractivity contribution >= 4 is 0 Å². The molecule has 124 valence electrons. The smallest absolute Gasteiger partial charge is 0.0631 e. The van der Waals surface area contributed by atoms with Crippen molar-refractivity contribution in [3.05, 3.63) is 0 Å². The van der Waals surface area contributed by atoms with Crippen molar-refractivity contribution in [2.75, 3.05) is 6.54 Å². The van der Waals surface area contributed by atoms with Gasteiger partial charge in [-0.3, -0.25) is 0 Å². The van der Waals surface area contributed by atoms with Crippen LogP contribution in [0.1, 0.15) is 79.6 Å². The summed E-state index contributed by atoms with van der Waals surface area (Å²) in [4.78, 5) is 0. The van der Waals surface area contributed by atoms with Crippen LogP contribution in [0.5, 0.6) is 0 Å². The molecule has 1 N–H and O–H groups in total. The van der Waals surface area contributed by atoms with Crippen LogP contribution in [0, 0.1) is 17.8 Å². The van der Waals surface area contributed by atoms with Crippen LogP contribution < -0.4 is 5.32 Å². The lowest BCUT2D eigenvalue weighted by molar-refractivity contribution is -0.0313. The van der Waals surface area contributed by atoms with E-state index in [1.807, 2.05) is 0 Å². The maximum Gasteiger partial charge on any atom is 0.0631 e. The van der Waals surface area contributed by atoms with Crippen LogP contribution in [0.25, 0.3) is 0 Å². The quantitative estimate of drug-likeness (QED) is 0.762. The highest BCUT2D eigenvalue weighted by molar-refractivity contribution is 4.90. The zero-order chi connectivity index (χ0) is 15.5. The minimum absolute atomic E-state index is 0.114. The highest BCUT2D eigenvalue weighted by atomic mass is 16.5. The maximum absolute atomic E-state index is 6.27. The van der Waals surface area contributed by atoms with Crippen LogP contribution in [0.15, 0.2) is 0 Å². The summed E-state index contributed by atoms with van der Waals surface area (Å²) in [5.41, 5.74) is 0.114. The SMILES string of the molecule is CCCNC1CCC(C(C)C)CC1CC1CCC(C)(C)O1. The zero-order valence-corrected chi connectivity index (χ0v) is 15.0. The van der Waals surface area contributed by atoms with Crippen molar-refractivity contribution in [2.24, 2.45) is 17.8 Å². The van der Waals surface area contributed by atoms with Gasteiger partial charge in [0.1, 0.15) is 0 Å². The lowest BCUT2D eigenvalue weighted by Gasteiger charge is -2.39. The van der Waals surface area contributed by atoms with E-state index in [1.54, 1.807) is 0 Å². The molecule has 0 aromatic carbocycles. The van der Waals surface area contributed by atoms with E-state index in [9.17, 15) is 0 Å². The van der Waals surface area contributed by atoms with Gasteiger partial charge in [0, 0.05) is 6.04 Å². The molecule has 1 saturated carbocycles. The summed E-state index contributed by atoms with van der Waals surface area (Å²) in [7, 11) is 0. The predicted octanol–water partition coefficient (Wildman–Crippen LogP) is 4.77. The van der Waals surface area contributed by atoms with Crippen LogP contribution in [0.4, 0.5) is 0 Å². The fraction of sp³-hybridized carbons (Fsp3) is 1.00. The van der Waals surface area contributed by atoms with Crippen LogP contribution in [-0.4, -0.2) is 24.3 Å². The highest BCUT2D eigenvalue weighted by Gasteiger charge is 2.37. The molecule has 2 nitrogen and oxygen atoms in total. The molecule has 4 unspecified atom stereocenters. The molecular formula is C19H37NO. The van der Waals surface area contributed by atoms with E-state index in [0.717, 1.165) is 23.8 Å². The first-order valence-electron chi connectivity index (χ1n) is 9.32. The Hall–Kier alpha value is -0.0800. The van der Waals surface area contributed by atoms with Crippen LogP contribution in [0.2, 0.25) is 0 Å². The molecule has 21 heavy (non-hydrogen) atoms. The van der Waals surface area contributed by atoms with Gasteiger partial charge in [-0.2, -0.15) is 0 Å². The first kappa shape index (κ1) is 17.3. The predicted molar refractivity (Wildman–Crippen MR) is 90.6 cm³/mol. The van der Waals surface area contributed by atoms with Crippen molar-refractivity contribution < 1.29 is 4.74 Å². The second-order valence-corrected chi connectivity index (χ2v) is 8.41. The molecule has 1 heterocycles. The number of ether oxygens (including phenoxy) is 1. The monoisotopic (exact) mass is 295 g/mol. The van der Waals surface area contributed by atoms with Gasteiger partial charge in [-0.05, 0) is 83.1 Å². The van der Waals surface area contributed by atoms with Gasteiger partial charge in [-0.15, -0.1) is 0 Å². The number of nitrogens with one attached hydrogen (secondary N) is 1. The highest BCUT2D eigenvalue weighted by Crippen LogP contribution is 2.40. The molecule has 0 radical (unpaired) electrons. The topological polar surface area (TPSA) is 21.3 Å². The minimum Gasteiger partial charge on any atom is -0.372 e. The van der Waals surface area contributed by atoms with Crippen LogP contribution >= 0.6 is 0 Å². The third kappa shape index (κ3) is 4.96. The molecule has 0 aromatic rings. The molecule has 1 aliphatic heterocycles. The molecule has 0 amide bonds. The Balaban J connectivity index is 1.92. The van der Waals surface area contributed by atoms with Gasteiger partial charge in [0.05, 0.1) is 11.7 Å². The van der Waals surface area contributed by atoms with Crippen molar-refractivity contribution in [2.45, 2.75) is 97.3 Å². The lowest BCUT2D eigenvalue weighted by atomic mass is 9.71. The summed E-state index contributed by atoms with van der Waals surface area (Å²) in [6.45, 7) is 12.7. The molecule has 1 saturated heterocycles. The first-order valence-corrected chi connectivity index (χ1v) is 9.32. The summed E-state index contributed by atoms with van der Waals surface area (Å²) >= 11 is 0. The van der Waals surface area contributed by atoms with Gasteiger partial charge in [-0.25, -0.2) is 0 Å². The molecule has 0 bridgehead atoms. The van der Waals surface area contributed by atoms with E-state index in [1.165, 1.54) is 51.5 Å². The second kappa shape index (κ2) is 7.46. The Morgan fingerprint density at radius 2 is 1.95 bits per heavy atom. The van der Waals surface area contributed by atoms with Gasteiger partial charge >= 0.3 is 0 Å². The van der Waals surface area contributed by atoms with Crippen LogP contribution in [-0.2, 0) is 4.74 Å². The van der Waals surface area contributed by atoms with E-state index in [-0.39, 0.29) is 5.60 Å². The number of rotatable bonds is 6. The summed E-state index contributed by atoms with van der Waals surface area (Å²) in [6, 6.07) is 0.729. The average molecular weight is 296 g/mol. The molecule has 0 aromatic heterocycles. The van der Waals surface area contributed by atoms with Gasteiger partial charge in [-0.1, -0.05) is 20.8 Å². The third-order valence-electron chi connectivity index (χ3n) is 5.74. The fourth-order valence-corrected chi connectivity index (χ4v) is 4.35. The fourth-order valence-electron chi connectivity index (χ4n) is 4.35. The molecule has 2 rings (SSSR count). The Morgan fingerprint density at radius 1 is 1.19 bits per heavy atom. The molecule has 2 fully saturated rings. The number of hydrogen-bond donors (Lipinski definition) is 1. The Bertz CT molecular complexity index is 313. The largest absolute Gasteiger partial charge is 0.372 e. The summed E-state index contributed by atoms with van der Waals surface area (Å²) < 4.78 is 6.27. The molecule has 1 aliphatic carbocycles. The zero-order valence-electron chi connectivity index (χ0n) is 15.0. The molecule has 0 spiro atoms. The van der Waals surface area contributed by atoms with Gasteiger partial charge < -0.3 is 10.1 Å². The van der Waals surface area contributed by atoms with Gasteiger partial charge in [0.2, 0.25) is 0 Å². The Labute approximate surface area is 132 Å². The van der Waals surface area contributed by atoms with Crippen molar-refractivity contribution in [1.82, 2.24) is 5.32 Å². The molecule has 2 aliphatic rings. The maximum atomic E-state index is 6.27. The van der Waals surface area contributed by atoms with E-state index in [2.05, 4.69) is 39.9 Å². The standard InChI is InChI=1S/C19H37NO/c1-6-11-20-18-8-7-15(14(2)3)12-16(18)13-17-9-10-19(4,5)21-17/h14-18,20H,6-13H2,1-5H3. The van der Waals surface area contributed by atoms with E-state index < -0.39 is 0 Å². The molecule has 4 atom stereocenters. The molecular weight excluding hydrogens is 258 g/mol. The lowest BCUT2D eigenvalue weighted by Crippen LogP contribution is -2.43. The van der Waals surface area contributed by atoms with Crippen LogP contribution in [0.3, 0.4) is 0 Å². The van der Waals surface area contributed by atoms with Crippen molar-refractivity contribution in [3.8, 4) is 0 Å². The Kier molecular flexibility index (Phi) is 6.14. The number of hydrogen-bond acceptors (Lipinski definition) is 2. The van der Waals surface area contributed by atoms with E-state index in [0.29, 0.717) is 6.10 Å². The van der Waals surface area contributed by atoms with Gasteiger partial charge in [0.15, 0.2) is 0 Å². The second-order valence-electron chi connectivity index (χ2n) is 8.41. The molecule has 2 heteroatoms. The first-order chi connectivity index (χ1) is 9.91. The minimum atomic E-state index is 0.114. The average Bonchev–Trinajstić information content (AvgIpc) is 2.76. The summed E-state index contributed by atoms with van der Waals surface area (Å²) in [5, 5.41) is 3.82. The normalized spacial score (nSPS) is 36.3. The van der Waals surface area contributed by atoms with Gasteiger partial charge in [0.25, 0.3) is 0 Å². The summed E-state index contributed by atoms with van der Waals surface area (Å²) in [6.07, 6.45) is 9.68. The van der Waals surface area contributed by atoms with E-state index >= 15 is 0 Å². The third-order valence-corrected chi connectivity index (χ3v) is 5.74. The van der Waals surface area contributed by atoms with Crippen molar-refractivity contribution in [1.29, 1.82) is 0 Å². The Morgan fingerprint density at radius 3 is 2.52 bits per heavy atom. The van der Waals surface area contributed by atoms with Crippen molar-refractivity contribution in [3.63, 3.8) is 0 Å². The van der Waals surface area contributed by atoms with E-state index in [4.69, 9.17) is 4.74 Å². The summed E-state index contributed by atoms with van der Waals surface area (Å²) in [5.74, 6) is 2.57.